The summed E-state index contributed by atoms with van der Waals surface area (Å²) < 4.78 is 5.41. The van der Waals surface area contributed by atoms with Gasteiger partial charge in [0.05, 0.1) is 13.2 Å². The molecule has 0 spiro atoms. The number of hydrogen-bond donors (Lipinski definition) is 2. The lowest BCUT2D eigenvalue weighted by Gasteiger charge is -2.13. The largest absolute Gasteiger partial charge is 0.496 e. The van der Waals surface area contributed by atoms with Gasteiger partial charge >= 0.3 is 0 Å². The molecule has 0 bridgehead atoms. The molecule has 1 atom stereocenters. The average Bonchev–Trinajstić information content (AvgIpc) is 3.00. The molecule has 1 fully saturated rings. The zero-order valence-corrected chi connectivity index (χ0v) is 12.7. The number of ether oxygens (including phenoxy) is 1. The van der Waals surface area contributed by atoms with Gasteiger partial charge in [-0.1, -0.05) is 24.3 Å². The van der Waals surface area contributed by atoms with Crippen LogP contribution in [0, 0.1) is 0 Å². The van der Waals surface area contributed by atoms with E-state index in [1.807, 2.05) is 36.4 Å². The zero-order chi connectivity index (χ0) is 13.9. The molecule has 1 amide bonds. The smallest absolute Gasteiger partial charge is 0.241 e. The van der Waals surface area contributed by atoms with E-state index in [2.05, 4.69) is 10.6 Å². The Labute approximate surface area is 130 Å². The lowest BCUT2D eigenvalue weighted by Crippen LogP contribution is -2.35. The summed E-state index contributed by atoms with van der Waals surface area (Å²) in [6.07, 6.45) is 1.95. The van der Waals surface area contributed by atoms with Gasteiger partial charge in [-0.2, -0.15) is 0 Å². The number of carbonyl (C=O) groups is 1. The van der Waals surface area contributed by atoms with Gasteiger partial charge in [0.2, 0.25) is 5.91 Å². The number of rotatable bonds is 3. The summed E-state index contributed by atoms with van der Waals surface area (Å²) in [7, 11) is 1.64. The molecule has 2 aromatic rings. The summed E-state index contributed by atoms with van der Waals surface area (Å²) in [4.78, 5) is 12.1. The van der Waals surface area contributed by atoms with Crippen LogP contribution >= 0.6 is 12.4 Å². The summed E-state index contributed by atoms with van der Waals surface area (Å²) in [5, 5.41) is 8.27. The number of hydrogen-bond acceptors (Lipinski definition) is 3. The zero-order valence-electron chi connectivity index (χ0n) is 11.9. The molecular formula is C16H19ClN2O2. The molecule has 0 aliphatic carbocycles. The van der Waals surface area contributed by atoms with Crippen LogP contribution in [-0.2, 0) is 4.79 Å². The molecule has 0 aromatic heterocycles. The number of fused-ring (bicyclic) bond motifs is 1. The summed E-state index contributed by atoms with van der Waals surface area (Å²) in [6.45, 7) is 0.916. The fourth-order valence-corrected chi connectivity index (χ4v) is 2.65. The highest BCUT2D eigenvalue weighted by atomic mass is 35.5. The van der Waals surface area contributed by atoms with Gasteiger partial charge < -0.3 is 15.4 Å². The van der Waals surface area contributed by atoms with Crippen LogP contribution < -0.4 is 15.4 Å². The van der Waals surface area contributed by atoms with Gasteiger partial charge in [0, 0.05) is 17.1 Å². The molecule has 1 heterocycles. The van der Waals surface area contributed by atoms with Gasteiger partial charge in [0.15, 0.2) is 0 Å². The van der Waals surface area contributed by atoms with Crippen molar-refractivity contribution in [2.45, 2.75) is 18.9 Å². The van der Waals surface area contributed by atoms with Gasteiger partial charge in [0.25, 0.3) is 0 Å². The minimum atomic E-state index is -0.0764. The molecule has 0 unspecified atom stereocenters. The maximum atomic E-state index is 12.1. The first kappa shape index (κ1) is 15.6. The van der Waals surface area contributed by atoms with Crippen LogP contribution in [0.15, 0.2) is 36.4 Å². The molecule has 3 rings (SSSR count). The molecule has 1 aliphatic heterocycles. The summed E-state index contributed by atoms with van der Waals surface area (Å²) >= 11 is 0. The van der Waals surface area contributed by atoms with Gasteiger partial charge in [-0.25, -0.2) is 0 Å². The SMILES string of the molecule is COc1cc(NC(=O)[C@H]2CCCN2)cc2ccccc12.Cl. The van der Waals surface area contributed by atoms with E-state index in [1.165, 1.54) is 0 Å². The topological polar surface area (TPSA) is 50.4 Å². The van der Waals surface area contributed by atoms with Crippen molar-refractivity contribution in [3.63, 3.8) is 0 Å². The molecule has 112 valence electrons. The molecular weight excluding hydrogens is 288 g/mol. The predicted octanol–water partition coefficient (Wildman–Crippen LogP) is 2.96. The minimum absolute atomic E-state index is 0. The summed E-state index contributed by atoms with van der Waals surface area (Å²) in [5.41, 5.74) is 0.777. The monoisotopic (exact) mass is 306 g/mol. The average molecular weight is 307 g/mol. The van der Waals surface area contributed by atoms with Crippen LogP contribution in [-0.4, -0.2) is 25.6 Å². The third kappa shape index (κ3) is 3.28. The van der Waals surface area contributed by atoms with E-state index in [9.17, 15) is 4.79 Å². The summed E-state index contributed by atoms with van der Waals surface area (Å²) in [5.74, 6) is 0.803. The van der Waals surface area contributed by atoms with Crippen molar-refractivity contribution in [1.82, 2.24) is 5.32 Å². The number of methoxy groups -OCH3 is 1. The van der Waals surface area contributed by atoms with Crippen LogP contribution in [0.3, 0.4) is 0 Å². The second-order valence-corrected chi connectivity index (χ2v) is 5.04. The number of nitrogens with one attached hydrogen (secondary N) is 2. The van der Waals surface area contributed by atoms with Crippen LogP contribution in [0.1, 0.15) is 12.8 Å². The first-order valence-electron chi connectivity index (χ1n) is 6.89. The molecule has 4 nitrogen and oxygen atoms in total. The van der Waals surface area contributed by atoms with E-state index in [4.69, 9.17) is 4.74 Å². The molecule has 1 saturated heterocycles. The Morgan fingerprint density at radius 3 is 2.86 bits per heavy atom. The van der Waals surface area contributed by atoms with Crippen molar-refractivity contribution in [2.24, 2.45) is 0 Å². The highest BCUT2D eigenvalue weighted by Crippen LogP contribution is 2.29. The van der Waals surface area contributed by atoms with Crippen molar-refractivity contribution >= 4 is 34.8 Å². The minimum Gasteiger partial charge on any atom is -0.496 e. The van der Waals surface area contributed by atoms with Gasteiger partial charge in [-0.15, -0.1) is 12.4 Å². The second-order valence-electron chi connectivity index (χ2n) is 5.04. The lowest BCUT2D eigenvalue weighted by atomic mass is 10.1. The van der Waals surface area contributed by atoms with Crippen molar-refractivity contribution in [3.8, 4) is 5.75 Å². The van der Waals surface area contributed by atoms with Gasteiger partial charge in [-0.05, 0) is 30.8 Å². The first-order valence-corrected chi connectivity index (χ1v) is 6.89. The number of amides is 1. The Morgan fingerprint density at radius 2 is 2.14 bits per heavy atom. The molecule has 0 saturated carbocycles. The molecule has 0 radical (unpaired) electrons. The molecule has 2 N–H and O–H groups in total. The fraction of sp³-hybridized carbons (Fsp3) is 0.312. The molecule has 1 aliphatic rings. The Kier molecular flexibility index (Phi) is 5.04. The normalized spacial score (nSPS) is 17.3. The Hall–Kier alpha value is -1.78. The number of carbonyl (C=O) groups excluding carboxylic acids is 1. The summed E-state index contributed by atoms with van der Waals surface area (Å²) in [6, 6.07) is 11.8. The maximum Gasteiger partial charge on any atom is 0.241 e. The van der Waals surface area contributed by atoms with Gasteiger partial charge in [0.1, 0.15) is 5.75 Å². The van der Waals surface area contributed by atoms with E-state index in [1.54, 1.807) is 7.11 Å². The van der Waals surface area contributed by atoms with Crippen molar-refractivity contribution in [3.05, 3.63) is 36.4 Å². The van der Waals surface area contributed by atoms with Crippen LogP contribution in [0.25, 0.3) is 10.8 Å². The van der Waals surface area contributed by atoms with E-state index in [0.29, 0.717) is 0 Å². The Balaban J connectivity index is 0.00000161. The number of anilines is 1. The molecule has 21 heavy (non-hydrogen) atoms. The predicted molar refractivity (Wildman–Crippen MR) is 87.4 cm³/mol. The highest BCUT2D eigenvalue weighted by molar-refractivity contribution is 5.99. The van der Waals surface area contributed by atoms with Crippen LogP contribution in [0.2, 0.25) is 0 Å². The fourth-order valence-electron chi connectivity index (χ4n) is 2.65. The van der Waals surface area contributed by atoms with Crippen molar-refractivity contribution in [2.75, 3.05) is 19.0 Å². The standard InChI is InChI=1S/C16H18N2O2.ClH/c1-20-15-10-12(9-11-5-2-3-6-13(11)15)18-16(19)14-7-4-8-17-14;/h2-3,5-6,9-10,14,17H,4,7-8H2,1H3,(H,18,19);1H/t14-;/m1./s1. The van der Waals surface area contributed by atoms with Crippen molar-refractivity contribution in [1.29, 1.82) is 0 Å². The first-order chi connectivity index (χ1) is 9.78. The quantitative estimate of drug-likeness (QED) is 0.916. The lowest BCUT2D eigenvalue weighted by molar-refractivity contribution is -0.117. The number of benzene rings is 2. The highest BCUT2D eigenvalue weighted by Gasteiger charge is 2.22. The maximum absolute atomic E-state index is 12.1. The molecule has 5 heteroatoms. The third-order valence-corrected chi connectivity index (χ3v) is 3.69. The Bertz CT molecular complexity index is 639. The van der Waals surface area contributed by atoms with Gasteiger partial charge in [-0.3, -0.25) is 4.79 Å². The molecule has 2 aromatic carbocycles. The van der Waals surface area contributed by atoms with E-state index < -0.39 is 0 Å². The van der Waals surface area contributed by atoms with Crippen LogP contribution in [0.4, 0.5) is 5.69 Å². The Morgan fingerprint density at radius 1 is 1.33 bits per heavy atom. The van der Waals surface area contributed by atoms with E-state index >= 15 is 0 Å². The third-order valence-electron chi connectivity index (χ3n) is 3.69. The van der Waals surface area contributed by atoms with Crippen molar-refractivity contribution < 1.29 is 9.53 Å². The second kappa shape index (κ2) is 6.78. The van der Waals surface area contributed by atoms with E-state index in [0.717, 1.165) is 41.6 Å². The van der Waals surface area contributed by atoms with Crippen LogP contribution in [0.5, 0.6) is 5.75 Å². The van der Waals surface area contributed by atoms with E-state index in [-0.39, 0.29) is 24.4 Å². The number of halogens is 1.